The van der Waals surface area contributed by atoms with E-state index in [1.54, 1.807) is 0 Å². The van der Waals surface area contributed by atoms with Gasteiger partial charge in [-0.1, -0.05) is 25.5 Å². The van der Waals surface area contributed by atoms with Crippen LogP contribution in [0.1, 0.15) is 38.2 Å². The van der Waals surface area contributed by atoms with Gasteiger partial charge in [0.1, 0.15) is 5.75 Å². The highest BCUT2D eigenvalue weighted by molar-refractivity contribution is 5.85. The van der Waals surface area contributed by atoms with Crippen molar-refractivity contribution in [3.63, 3.8) is 0 Å². The van der Waals surface area contributed by atoms with Gasteiger partial charge in [-0.15, -0.1) is 12.4 Å². The third-order valence-corrected chi connectivity index (χ3v) is 3.51. The Morgan fingerprint density at radius 2 is 2.33 bits per heavy atom. The van der Waals surface area contributed by atoms with Crippen LogP contribution in [0.2, 0.25) is 0 Å². The predicted molar refractivity (Wildman–Crippen MR) is 87.0 cm³/mol. The van der Waals surface area contributed by atoms with Gasteiger partial charge in [-0.05, 0) is 43.5 Å². The fourth-order valence-corrected chi connectivity index (χ4v) is 2.30. The van der Waals surface area contributed by atoms with E-state index < -0.39 is 0 Å². The van der Waals surface area contributed by atoms with E-state index in [2.05, 4.69) is 17.6 Å². The van der Waals surface area contributed by atoms with E-state index in [0.29, 0.717) is 6.54 Å². The van der Waals surface area contributed by atoms with Crippen LogP contribution in [0.4, 0.5) is 0 Å². The molecule has 1 aromatic carbocycles. The van der Waals surface area contributed by atoms with Crippen molar-refractivity contribution >= 4 is 18.3 Å². The molecule has 0 bridgehead atoms. The molecular formula is C16H25ClN2O2. The molecular weight excluding hydrogens is 288 g/mol. The molecule has 118 valence electrons. The number of unbranched alkanes of at least 4 members (excludes halogenated alkanes) is 1. The molecule has 0 aliphatic carbocycles. The van der Waals surface area contributed by atoms with Crippen LogP contribution >= 0.6 is 12.4 Å². The third-order valence-electron chi connectivity index (χ3n) is 3.51. The lowest BCUT2D eigenvalue weighted by Gasteiger charge is -2.12. The van der Waals surface area contributed by atoms with Gasteiger partial charge in [-0.2, -0.15) is 0 Å². The highest BCUT2D eigenvalue weighted by Gasteiger charge is 2.21. The number of nitrogens with one attached hydrogen (secondary N) is 2. The first-order valence-corrected chi connectivity index (χ1v) is 7.52. The Morgan fingerprint density at radius 1 is 1.48 bits per heavy atom. The van der Waals surface area contributed by atoms with Gasteiger partial charge < -0.3 is 15.4 Å². The lowest BCUT2D eigenvalue weighted by atomic mass is 10.2. The molecule has 1 heterocycles. The first-order chi connectivity index (χ1) is 9.79. The van der Waals surface area contributed by atoms with Crippen LogP contribution in [0.15, 0.2) is 24.3 Å². The Labute approximate surface area is 133 Å². The number of benzene rings is 1. The molecule has 5 heteroatoms. The van der Waals surface area contributed by atoms with E-state index >= 15 is 0 Å². The van der Waals surface area contributed by atoms with Crippen LogP contribution in [0.5, 0.6) is 5.75 Å². The molecule has 0 saturated carbocycles. The summed E-state index contributed by atoms with van der Waals surface area (Å²) in [5.41, 5.74) is 1.07. The van der Waals surface area contributed by atoms with Crippen molar-refractivity contribution in [2.24, 2.45) is 0 Å². The van der Waals surface area contributed by atoms with E-state index in [1.165, 1.54) is 0 Å². The quantitative estimate of drug-likeness (QED) is 0.761. The molecule has 2 N–H and O–H groups in total. The third kappa shape index (κ3) is 5.94. The van der Waals surface area contributed by atoms with Crippen molar-refractivity contribution in [3.8, 4) is 5.75 Å². The molecule has 2 rings (SSSR count). The maximum Gasteiger partial charge on any atom is 0.237 e. The molecule has 1 atom stereocenters. The number of carbonyl (C=O) groups is 1. The second-order valence-electron chi connectivity index (χ2n) is 5.22. The van der Waals surface area contributed by atoms with Crippen molar-refractivity contribution in [2.75, 3.05) is 13.2 Å². The number of carbonyl (C=O) groups excluding carboxylic acids is 1. The number of hydrogen-bond donors (Lipinski definition) is 2. The lowest BCUT2D eigenvalue weighted by Crippen LogP contribution is -2.39. The van der Waals surface area contributed by atoms with Gasteiger partial charge >= 0.3 is 0 Å². The largest absolute Gasteiger partial charge is 0.494 e. The SMILES string of the molecule is CCCCOc1cccc(CNC(=O)C2CCCN2)c1.Cl. The zero-order valence-corrected chi connectivity index (χ0v) is 13.4. The van der Waals surface area contributed by atoms with Crippen molar-refractivity contribution in [1.82, 2.24) is 10.6 Å². The normalized spacial score (nSPS) is 17.1. The Bertz CT molecular complexity index is 434. The van der Waals surface area contributed by atoms with Gasteiger partial charge in [-0.25, -0.2) is 0 Å². The summed E-state index contributed by atoms with van der Waals surface area (Å²) in [5, 5.41) is 6.18. The van der Waals surface area contributed by atoms with Crippen LogP contribution in [0, 0.1) is 0 Å². The zero-order chi connectivity index (χ0) is 14.2. The fraction of sp³-hybridized carbons (Fsp3) is 0.562. The fourth-order valence-electron chi connectivity index (χ4n) is 2.30. The number of hydrogen-bond acceptors (Lipinski definition) is 3. The first-order valence-electron chi connectivity index (χ1n) is 7.52. The number of rotatable bonds is 7. The van der Waals surface area contributed by atoms with Gasteiger partial charge in [0.15, 0.2) is 0 Å². The van der Waals surface area contributed by atoms with Crippen LogP contribution < -0.4 is 15.4 Å². The van der Waals surface area contributed by atoms with Gasteiger partial charge in [0.05, 0.1) is 12.6 Å². The maximum absolute atomic E-state index is 11.9. The molecule has 1 amide bonds. The molecule has 1 aliphatic heterocycles. The topological polar surface area (TPSA) is 50.4 Å². The number of amides is 1. The average molecular weight is 313 g/mol. The van der Waals surface area contributed by atoms with Gasteiger partial charge in [0.2, 0.25) is 5.91 Å². The van der Waals surface area contributed by atoms with Crippen LogP contribution in [0.3, 0.4) is 0 Å². The van der Waals surface area contributed by atoms with E-state index in [0.717, 1.165) is 50.1 Å². The molecule has 1 aliphatic rings. The Balaban J connectivity index is 0.00000220. The van der Waals surface area contributed by atoms with Crippen molar-refractivity contribution < 1.29 is 9.53 Å². The smallest absolute Gasteiger partial charge is 0.237 e. The second-order valence-corrected chi connectivity index (χ2v) is 5.22. The standard InChI is InChI=1S/C16H24N2O2.ClH/c1-2-3-10-20-14-7-4-6-13(11-14)12-18-16(19)15-8-5-9-17-15;/h4,6-7,11,15,17H,2-3,5,8-10,12H2,1H3,(H,18,19);1H. The Hall–Kier alpha value is -1.26. The number of halogens is 1. The maximum atomic E-state index is 11.9. The summed E-state index contributed by atoms with van der Waals surface area (Å²) in [6, 6.07) is 7.92. The second kappa shape index (κ2) is 9.64. The first kappa shape index (κ1) is 17.8. The summed E-state index contributed by atoms with van der Waals surface area (Å²) in [5.74, 6) is 0.976. The Morgan fingerprint density at radius 3 is 3.05 bits per heavy atom. The highest BCUT2D eigenvalue weighted by atomic mass is 35.5. The minimum atomic E-state index is -0.0148. The van der Waals surface area contributed by atoms with E-state index in [9.17, 15) is 4.79 Å². The molecule has 0 radical (unpaired) electrons. The van der Waals surface area contributed by atoms with Crippen LogP contribution in [-0.2, 0) is 11.3 Å². The predicted octanol–water partition coefficient (Wildman–Crippen LogP) is 2.66. The molecule has 4 nitrogen and oxygen atoms in total. The summed E-state index contributed by atoms with van der Waals surface area (Å²) in [6.45, 7) is 4.39. The molecule has 1 fully saturated rings. The molecule has 21 heavy (non-hydrogen) atoms. The number of ether oxygens (including phenoxy) is 1. The summed E-state index contributed by atoms with van der Waals surface area (Å²) < 4.78 is 5.67. The van der Waals surface area contributed by atoms with E-state index in [1.807, 2.05) is 24.3 Å². The summed E-state index contributed by atoms with van der Waals surface area (Å²) >= 11 is 0. The van der Waals surface area contributed by atoms with E-state index in [-0.39, 0.29) is 24.4 Å². The van der Waals surface area contributed by atoms with Crippen molar-refractivity contribution in [3.05, 3.63) is 29.8 Å². The molecule has 0 aromatic heterocycles. The van der Waals surface area contributed by atoms with Crippen molar-refractivity contribution in [1.29, 1.82) is 0 Å². The lowest BCUT2D eigenvalue weighted by molar-refractivity contribution is -0.122. The van der Waals surface area contributed by atoms with Gasteiger partial charge in [0, 0.05) is 6.54 Å². The molecule has 0 spiro atoms. The summed E-state index contributed by atoms with van der Waals surface area (Å²) in [6.07, 6.45) is 4.21. The van der Waals surface area contributed by atoms with E-state index in [4.69, 9.17) is 4.74 Å². The highest BCUT2D eigenvalue weighted by Crippen LogP contribution is 2.14. The summed E-state index contributed by atoms with van der Waals surface area (Å²) in [7, 11) is 0. The van der Waals surface area contributed by atoms with Gasteiger partial charge in [0.25, 0.3) is 0 Å². The van der Waals surface area contributed by atoms with Crippen molar-refractivity contribution in [2.45, 2.75) is 45.2 Å². The minimum absolute atomic E-state index is 0. The minimum Gasteiger partial charge on any atom is -0.494 e. The zero-order valence-electron chi connectivity index (χ0n) is 12.6. The Kier molecular flexibility index (Phi) is 8.16. The molecule has 1 aromatic rings. The summed E-state index contributed by atoms with van der Waals surface area (Å²) in [4.78, 5) is 11.9. The monoisotopic (exact) mass is 312 g/mol. The van der Waals surface area contributed by atoms with Crippen LogP contribution in [0.25, 0.3) is 0 Å². The van der Waals surface area contributed by atoms with Crippen LogP contribution in [-0.4, -0.2) is 25.1 Å². The average Bonchev–Trinajstić information content (AvgIpc) is 3.00. The molecule has 1 unspecified atom stereocenters. The molecule has 1 saturated heterocycles. The van der Waals surface area contributed by atoms with Gasteiger partial charge in [-0.3, -0.25) is 4.79 Å².